The van der Waals surface area contributed by atoms with E-state index in [2.05, 4.69) is 23.8 Å². The SMILES string of the molecule is COC(C)c1nc(CC(C)C)cc(=O)[nH]1. The summed E-state index contributed by atoms with van der Waals surface area (Å²) < 4.78 is 5.12. The number of ether oxygens (including phenoxy) is 1. The summed E-state index contributed by atoms with van der Waals surface area (Å²) in [6.07, 6.45) is 0.637. The van der Waals surface area contributed by atoms with Gasteiger partial charge in [-0.3, -0.25) is 4.79 Å². The van der Waals surface area contributed by atoms with E-state index < -0.39 is 0 Å². The van der Waals surface area contributed by atoms with Crippen molar-refractivity contribution in [2.45, 2.75) is 33.3 Å². The van der Waals surface area contributed by atoms with Gasteiger partial charge in [0.25, 0.3) is 5.56 Å². The van der Waals surface area contributed by atoms with Crippen molar-refractivity contribution in [3.8, 4) is 0 Å². The van der Waals surface area contributed by atoms with Gasteiger partial charge in [-0.15, -0.1) is 0 Å². The second kappa shape index (κ2) is 5.07. The fraction of sp³-hybridized carbons (Fsp3) is 0.636. The van der Waals surface area contributed by atoms with Crippen molar-refractivity contribution in [2.24, 2.45) is 5.92 Å². The lowest BCUT2D eigenvalue weighted by molar-refractivity contribution is 0.111. The molecule has 1 N–H and O–H groups in total. The Bertz CT molecular complexity index is 371. The molecular formula is C11H18N2O2. The van der Waals surface area contributed by atoms with Crippen molar-refractivity contribution in [1.82, 2.24) is 9.97 Å². The first kappa shape index (κ1) is 11.9. The van der Waals surface area contributed by atoms with E-state index in [1.807, 2.05) is 6.92 Å². The smallest absolute Gasteiger partial charge is 0.251 e. The van der Waals surface area contributed by atoms with E-state index >= 15 is 0 Å². The highest BCUT2D eigenvalue weighted by molar-refractivity contribution is 5.04. The molecule has 4 nitrogen and oxygen atoms in total. The number of aromatic amines is 1. The Labute approximate surface area is 89.7 Å². The van der Waals surface area contributed by atoms with Crippen molar-refractivity contribution < 1.29 is 4.74 Å². The maximum Gasteiger partial charge on any atom is 0.251 e. The summed E-state index contributed by atoms with van der Waals surface area (Å²) in [6.45, 7) is 6.06. The summed E-state index contributed by atoms with van der Waals surface area (Å²) in [5, 5.41) is 0. The number of aromatic nitrogens is 2. The van der Waals surface area contributed by atoms with Gasteiger partial charge in [0.15, 0.2) is 0 Å². The highest BCUT2D eigenvalue weighted by atomic mass is 16.5. The standard InChI is InChI=1S/C11H18N2O2/c1-7(2)5-9-6-10(14)13-11(12-9)8(3)15-4/h6-8H,5H2,1-4H3,(H,12,13,14). The van der Waals surface area contributed by atoms with Crippen molar-refractivity contribution >= 4 is 0 Å². The topological polar surface area (TPSA) is 55.0 Å². The minimum absolute atomic E-state index is 0.112. The summed E-state index contributed by atoms with van der Waals surface area (Å²) in [7, 11) is 1.60. The molecule has 0 amide bonds. The molecule has 84 valence electrons. The molecule has 1 heterocycles. The van der Waals surface area contributed by atoms with E-state index in [9.17, 15) is 4.79 Å². The molecule has 4 heteroatoms. The molecule has 1 unspecified atom stereocenters. The Morgan fingerprint density at radius 3 is 2.67 bits per heavy atom. The molecule has 0 aliphatic heterocycles. The minimum Gasteiger partial charge on any atom is -0.374 e. The van der Waals surface area contributed by atoms with Crippen LogP contribution in [-0.4, -0.2) is 17.1 Å². The fourth-order valence-corrected chi connectivity index (χ4v) is 1.36. The van der Waals surface area contributed by atoms with E-state index in [1.165, 1.54) is 0 Å². The van der Waals surface area contributed by atoms with E-state index in [0.717, 1.165) is 12.1 Å². The molecule has 0 saturated heterocycles. The molecule has 0 fully saturated rings. The first-order valence-corrected chi connectivity index (χ1v) is 5.16. The highest BCUT2D eigenvalue weighted by Gasteiger charge is 2.09. The Kier molecular flexibility index (Phi) is 4.03. The Hall–Kier alpha value is -1.16. The van der Waals surface area contributed by atoms with Crippen LogP contribution in [0.5, 0.6) is 0 Å². The monoisotopic (exact) mass is 210 g/mol. The molecule has 0 spiro atoms. The number of H-pyrrole nitrogens is 1. The number of hydrogen-bond donors (Lipinski definition) is 1. The van der Waals surface area contributed by atoms with Crippen LogP contribution in [0.2, 0.25) is 0 Å². The quantitative estimate of drug-likeness (QED) is 0.822. The zero-order chi connectivity index (χ0) is 11.4. The van der Waals surface area contributed by atoms with E-state index in [1.54, 1.807) is 13.2 Å². The second-order valence-corrected chi connectivity index (χ2v) is 4.10. The zero-order valence-electron chi connectivity index (χ0n) is 9.70. The van der Waals surface area contributed by atoms with E-state index in [-0.39, 0.29) is 11.7 Å². The molecular weight excluding hydrogens is 192 g/mol. The van der Waals surface area contributed by atoms with Gasteiger partial charge in [0.1, 0.15) is 11.9 Å². The largest absolute Gasteiger partial charge is 0.374 e. The van der Waals surface area contributed by atoms with Gasteiger partial charge in [0.05, 0.1) is 0 Å². The third kappa shape index (κ3) is 3.47. The third-order valence-electron chi connectivity index (χ3n) is 2.17. The Morgan fingerprint density at radius 2 is 2.13 bits per heavy atom. The predicted molar refractivity (Wildman–Crippen MR) is 58.8 cm³/mol. The highest BCUT2D eigenvalue weighted by Crippen LogP contribution is 2.10. The van der Waals surface area contributed by atoms with Crippen molar-refractivity contribution in [1.29, 1.82) is 0 Å². The molecule has 0 aliphatic rings. The van der Waals surface area contributed by atoms with E-state index in [4.69, 9.17) is 4.74 Å². The van der Waals surface area contributed by atoms with Gasteiger partial charge in [0.2, 0.25) is 0 Å². The van der Waals surface area contributed by atoms with Crippen LogP contribution in [-0.2, 0) is 11.2 Å². The minimum atomic E-state index is -0.176. The summed E-state index contributed by atoms with van der Waals surface area (Å²) in [5.41, 5.74) is 0.715. The van der Waals surface area contributed by atoms with E-state index in [0.29, 0.717) is 11.7 Å². The van der Waals surface area contributed by atoms with Crippen LogP contribution in [0, 0.1) is 5.92 Å². The van der Waals surface area contributed by atoms with Gasteiger partial charge in [-0.1, -0.05) is 13.8 Å². The molecule has 0 aromatic carbocycles. The third-order valence-corrected chi connectivity index (χ3v) is 2.17. The number of rotatable bonds is 4. The van der Waals surface area contributed by atoms with Crippen molar-refractivity contribution in [3.63, 3.8) is 0 Å². The lowest BCUT2D eigenvalue weighted by Gasteiger charge is -2.10. The van der Waals surface area contributed by atoms with Gasteiger partial charge in [-0.05, 0) is 19.3 Å². The number of nitrogens with one attached hydrogen (secondary N) is 1. The average molecular weight is 210 g/mol. The van der Waals surface area contributed by atoms with Gasteiger partial charge < -0.3 is 9.72 Å². The van der Waals surface area contributed by atoms with Crippen LogP contribution in [0.1, 0.15) is 38.4 Å². The van der Waals surface area contributed by atoms with Crippen LogP contribution >= 0.6 is 0 Å². The van der Waals surface area contributed by atoms with Crippen LogP contribution in [0.3, 0.4) is 0 Å². The summed E-state index contributed by atoms with van der Waals surface area (Å²) >= 11 is 0. The predicted octanol–water partition coefficient (Wildman–Crippen LogP) is 1.68. The maximum atomic E-state index is 11.4. The summed E-state index contributed by atoms with van der Waals surface area (Å²) in [4.78, 5) is 18.4. The molecule has 1 rings (SSSR count). The average Bonchev–Trinajstić information content (AvgIpc) is 2.14. The molecule has 0 radical (unpaired) electrons. The van der Waals surface area contributed by atoms with Gasteiger partial charge in [0, 0.05) is 18.9 Å². The molecule has 1 aromatic heterocycles. The van der Waals surface area contributed by atoms with Crippen molar-refractivity contribution in [2.75, 3.05) is 7.11 Å². The Balaban J connectivity index is 3.00. The normalized spacial score (nSPS) is 13.1. The summed E-state index contributed by atoms with van der Waals surface area (Å²) in [5.74, 6) is 1.09. The molecule has 1 atom stereocenters. The van der Waals surface area contributed by atoms with Gasteiger partial charge in [-0.25, -0.2) is 4.98 Å². The molecule has 15 heavy (non-hydrogen) atoms. The molecule has 0 bridgehead atoms. The van der Waals surface area contributed by atoms with Gasteiger partial charge in [-0.2, -0.15) is 0 Å². The molecule has 0 saturated carbocycles. The lowest BCUT2D eigenvalue weighted by Crippen LogP contribution is -2.16. The zero-order valence-corrected chi connectivity index (χ0v) is 9.70. The first-order valence-electron chi connectivity index (χ1n) is 5.16. The second-order valence-electron chi connectivity index (χ2n) is 4.10. The molecule has 1 aromatic rings. The van der Waals surface area contributed by atoms with Crippen LogP contribution in [0.4, 0.5) is 0 Å². The maximum absolute atomic E-state index is 11.4. The summed E-state index contributed by atoms with van der Waals surface area (Å²) in [6, 6.07) is 1.55. The lowest BCUT2D eigenvalue weighted by atomic mass is 10.1. The van der Waals surface area contributed by atoms with Crippen molar-refractivity contribution in [3.05, 3.63) is 27.9 Å². The van der Waals surface area contributed by atoms with Crippen LogP contribution in [0.25, 0.3) is 0 Å². The fourth-order valence-electron chi connectivity index (χ4n) is 1.36. The Morgan fingerprint density at radius 1 is 1.47 bits per heavy atom. The van der Waals surface area contributed by atoms with Crippen LogP contribution < -0.4 is 5.56 Å². The first-order chi connectivity index (χ1) is 7.02. The van der Waals surface area contributed by atoms with Gasteiger partial charge >= 0.3 is 0 Å². The number of methoxy groups -OCH3 is 1. The molecule has 0 aliphatic carbocycles. The number of hydrogen-bond acceptors (Lipinski definition) is 3. The number of nitrogens with zero attached hydrogens (tertiary/aromatic N) is 1. The van der Waals surface area contributed by atoms with Crippen LogP contribution in [0.15, 0.2) is 10.9 Å².